The minimum absolute atomic E-state index is 0.226. The molecule has 0 fully saturated rings. The predicted octanol–water partition coefficient (Wildman–Crippen LogP) is 3.16. The van der Waals surface area contributed by atoms with Crippen LogP contribution in [0.3, 0.4) is 0 Å². The maximum Gasteiger partial charge on any atom is 0.131 e. The average Bonchev–Trinajstić information content (AvgIpc) is 2.69. The van der Waals surface area contributed by atoms with Crippen molar-refractivity contribution >= 4 is 5.82 Å². The van der Waals surface area contributed by atoms with Gasteiger partial charge in [0.25, 0.3) is 0 Å². The summed E-state index contributed by atoms with van der Waals surface area (Å²) in [5.74, 6) is 1.32. The second-order valence-corrected chi connectivity index (χ2v) is 4.32. The Labute approximate surface area is 106 Å². The van der Waals surface area contributed by atoms with Gasteiger partial charge in [0.05, 0.1) is 0 Å². The van der Waals surface area contributed by atoms with Crippen molar-refractivity contribution < 1.29 is 4.39 Å². The van der Waals surface area contributed by atoms with Crippen LogP contribution in [0.25, 0.3) is 11.3 Å². The van der Waals surface area contributed by atoms with E-state index in [4.69, 9.17) is 5.73 Å². The molecule has 2 rings (SSSR count). The highest BCUT2D eigenvalue weighted by atomic mass is 19.1. The molecule has 2 N–H and O–H groups in total. The Bertz CT molecular complexity index is 573. The Morgan fingerprint density at radius 2 is 2.06 bits per heavy atom. The second kappa shape index (κ2) is 4.80. The molecule has 96 valence electrons. The molecule has 2 aromatic rings. The first-order chi connectivity index (χ1) is 8.58. The molecule has 0 aliphatic carbocycles. The summed E-state index contributed by atoms with van der Waals surface area (Å²) in [6.07, 6.45) is 0.812. The van der Waals surface area contributed by atoms with Crippen LogP contribution in [0, 0.1) is 12.7 Å². The number of aryl methyl sites for hydroxylation is 2. The van der Waals surface area contributed by atoms with Gasteiger partial charge in [0.15, 0.2) is 0 Å². The summed E-state index contributed by atoms with van der Waals surface area (Å²) in [6, 6.07) is 5.10. The second-order valence-electron chi connectivity index (χ2n) is 4.32. The fraction of sp³-hybridized carbons (Fsp3) is 0.357. The lowest BCUT2D eigenvalue weighted by Crippen LogP contribution is -2.04. The van der Waals surface area contributed by atoms with Gasteiger partial charge in [-0.25, -0.2) is 9.37 Å². The van der Waals surface area contributed by atoms with Gasteiger partial charge < -0.3 is 10.3 Å². The van der Waals surface area contributed by atoms with Crippen LogP contribution in [0.5, 0.6) is 0 Å². The highest BCUT2D eigenvalue weighted by molar-refractivity contribution is 5.71. The van der Waals surface area contributed by atoms with E-state index in [1.165, 1.54) is 6.07 Å². The largest absolute Gasteiger partial charge is 0.383 e. The van der Waals surface area contributed by atoms with Crippen molar-refractivity contribution in [1.29, 1.82) is 0 Å². The molecule has 0 spiro atoms. The minimum atomic E-state index is -0.226. The van der Waals surface area contributed by atoms with Gasteiger partial charge in [-0.1, -0.05) is 19.1 Å². The lowest BCUT2D eigenvalue weighted by Gasteiger charge is -2.05. The first-order valence-corrected chi connectivity index (χ1v) is 6.19. The average molecular weight is 247 g/mol. The first kappa shape index (κ1) is 12.6. The zero-order chi connectivity index (χ0) is 13.3. The van der Waals surface area contributed by atoms with Crippen LogP contribution in [0.4, 0.5) is 10.2 Å². The third kappa shape index (κ3) is 1.98. The summed E-state index contributed by atoms with van der Waals surface area (Å²) in [5.41, 5.74) is 8.12. The predicted molar refractivity (Wildman–Crippen MR) is 71.8 cm³/mol. The third-order valence-corrected chi connectivity index (χ3v) is 3.16. The van der Waals surface area contributed by atoms with Crippen molar-refractivity contribution in [3.63, 3.8) is 0 Å². The van der Waals surface area contributed by atoms with Gasteiger partial charge in [0.2, 0.25) is 0 Å². The number of hydrogen-bond donors (Lipinski definition) is 1. The normalized spacial score (nSPS) is 10.9. The van der Waals surface area contributed by atoms with Crippen LogP contribution in [0.2, 0.25) is 0 Å². The molecule has 0 radical (unpaired) electrons. The molecular weight excluding hydrogens is 229 g/mol. The molecule has 0 saturated heterocycles. The van der Waals surface area contributed by atoms with E-state index in [1.54, 1.807) is 13.0 Å². The highest BCUT2D eigenvalue weighted by Crippen LogP contribution is 2.27. The monoisotopic (exact) mass is 247 g/mol. The van der Waals surface area contributed by atoms with Gasteiger partial charge in [-0.2, -0.15) is 0 Å². The summed E-state index contributed by atoms with van der Waals surface area (Å²) in [5, 5.41) is 0. The summed E-state index contributed by atoms with van der Waals surface area (Å²) in [4.78, 5) is 4.51. The standard InChI is InChI=1S/C14H18FN3/c1-4-12-17-13(14(16)18(12)5-2)10-7-6-9(3)11(15)8-10/h6-8H,4-5,16H2,1-3H3. The Kier molecular flexibility index (Phi) is 3.36. The molecule has 4 heteroatoms. The molecule has 18 heavy (non-hydrogen) atoms. The number of benzene rings is 1. The summed E-state index contributed by atoms with van der Waals surface area (Å²) >= 11 is 0. The molecule has 0 atom stereocenters. The van der Waals surface area contributed by atoms with E-state index in [0.29, 0.717) is 17.1 Å². The number of nitrogen functional groups attached to an aromatic ring is 1. The minimum Gasteiger partial charge on any atom is -0.383 e. The maximum atomic E-state index is 13.6. The number of nitrogens with two attached hydrogens (primary N) is 1. The van der Waals surface area contributed by atoms with E-state index in [1.807, 2.05) is 24.5 Å². The molecule has 0 saturated carbocycles. The Hall–Kier alpha value is -1.84. The summed E-state index contributed by atoms with van der Waals surface area (Å²) < 4.78 is 15.6. The number of halogens is 1. The fourth-order valence-electron chi connectivity index (χ4n) is 2.09. The molecule has 0 aliphatic heterocycles. The Morgan fingerprint density at radius 3 is 2.56 bits per heavy atom. The first-order valence-electron chi connectivity index (χ1n) is 6.19. The van der Waals surface area contributed by atoms with Crippen molar-refractivity contribution in [1.82, 2.24) is 9.55 Å². The SMILES string of the molecule is CCc1nc(-c2ccc(C)c(F)c2)c(N)n1CC. The van der Waals surface area contributed by atoms with E-state index in [0.717, 1.165) is 24.4 Å². The maximum absolute atomic E-state index is 13.6. The molecule has 1 aromatic carbocycles. The molecule has 0 unspecified atom stereocenters. The van der Waals surface area contributed by atoms with Gasteiger partial charge in [0, 0.05) is 18.5 Å². The summed E-state index contributed by atoms with van der Waals surface area (Å²) in [6.45, 7) is 6.57. The molecule has 0 bridgehead atoms. The molecule has 0 aliphatic rings. The molecule has 3 nitrogen and oxygen atoms in total. The van der Waals surface area contributed by atoms with Gasteiger partial charge >= 0.3 is 0 Å². The van der Waals surface area contributed by atoms with Crippen molar-refractivity contribution in [3.8, 4) is 11.3 Å². The third-order valence-electron chi connectivity index (χ3n) is 3.16. The zero-order valence-electron chi connectivity index (χ0n) is 11.0. The van der Waals surface area contributed by atoms with Crippen LogP contribution in [-0.4, -0.2) is 9.55 Å². The Morgan fingerprint density at radius 1 is 1.33 bits per heavy atom. The van der Waals surface area contributed by atoms with Crippen LogP contribution in [0.1, 0.15) is 25.2 Å². The zero-order valence-corrected chi connectivity index (χ0v) is 11.0. The number of rotatable bonds is 3. The van der Waals surface area contributed by atoms with Gasteiger partial charge in [-0.05, 0) is 25.5 Å². The lowest BCUT2D eigenvalue weighted by atomic mass is 10.1. The number of imidazole rings is 1. The van der Waals surface area contributed by atoms with E-state index < -0.39 is 0 Å². The van der Waals surface area contributed by atoms with Crippen molar-refractivity contribution in [2.75, 3.05) is 5.73 Å². The smallest absolute Gasteiger partial charge is 0.131 e. The van der Waals surface area contributed by atoms with E-state index in [-0.39, 0.29) is 5.82 Å². The number of anilines is 1. The van der Waals surface area contributed by atoms with Crippen LogP contribution < -0.4 is 5.73 Å². The summed E-state index contributed by atoms with van der Waals surface area (Å²) in [7, 11) is 0. The fourth-order valence-corrected chi connectivity index (χ4v) is 2.09. The molecule has 0 amide bonds. The number of nitrogens with zero attached hydrogens (tertiary/aromatic N) is 2. The Balaban J connectivity index is 2.56. The lowest BCUT2D eigenvalue weighted by molar-refractivity contribution is 0.619. The quantitative estimate of drug-likeness (QED) is 0.905. The van der Waals surface area contributed by atoms with Gasteiger partial charge in [-0.15, -0.1) is 0 Å². The van der Waals surface area contributed by atoms with Crippen LogP contribution in [0.15, 0.2) is 18.2 Å². The van der Waals surface area contributed by atoms with Crippen LogP contribution in [-0.2, 0) is 13.0 Å². The van der Waals surface area contributed by atoms with Crippen molar-refractivity contribution in [3.05, 3.63) is 35.4 Å². The van der Waals surface area contributed by atoms with E-state index in [9.17, 15) is 4.39 Å². The van der Waals surface area contributed by atoms with Crippen molar-refractivity contribution in [2.45, 2.75) is 33.7 Å². The van der Waals surface area contributed by atoms with Gasteiger partial charge in [0.1, 0.15) is 23.2 Å². The molecule has 1 aromatic heterocycles. The van der Waals surface area contributed by atoms with Crippen LogP contribution >= 0.6 is 0 Å². The molecular formula is C14H18FN3. The number of aromatic nitrogens is 2. The van der Waals surface area contributed by atoms with E-state index >= 15 is 0 Å². The van der Waals surface area contributed by atoms with Gasteiger partial charge in [-0.3, -0.25) is 0 Å². The van der Waals surface area contributed by atoms with E-state index in [2.05, 4.69) is 4.98 Å². The molecule has 1 heterocycles. The van der Waals surface area contributed by atoms with Crippen molar-refractivity contribution in [2.24, 2.45) is 0 Å². The highest BCUT2D eigenvalue weighted by Gasteiger charge is 2.14. The topological polar surface area (TPSA) is 43.8 Å². The number of hydrogen-bond acceptors (Lipinski definition) is 2.